The van der Waals surface area contributed by atoms with E-state index >= 15 is 0 Å². The second-order valence-electron chi connectivity index (χ2n) is 5.47. The van der Waals surface area contributed by atoms with Crippen LogP contribution in [0.5, 0.6) is 0 Å². The van der Waals surface area contributed by atoms with E-state index in [0.717, 1.165) is 11.3 Å². The van der Waals surface area contributed by atoms with Crippen LogP contribution in [0.25, 0.3) is 0 Å². The van der Waals surface area contributed by atoms with Crippen LogP contribution < -0.4 is 5.32 Å². The van der Waals surface area contributed by atoms with Gasteiger partial charge in [-0.1, -0.05) is 65.3 Å². The number of nitrogens with zero attached hydrogens (tertiary/aromatic N) is 1. The van der Waals surface area contributed by atoms with Crippen LogP contribution in [0, 0.1) is 0 Å². The number of hydrogen-bond donors (Lipinski definition) is 1. The number of benzene rings is 2. The normalized spacial score (nSPS) is 20.5. The SMILES string of the molecule is CC1(Cc2ccccc2)SC(Nc2ccc(Cl)c(Cl)c2)=NC1=O. The molecule has 0 aromatic heterocycles. The van der Waals surface area contributed by atoms with Crippen molar-refractivity contribution in [3.05, 3.63) is 64.1 Å². The van der Waals surface area contributed by atoms with Gasteiger partial charge in [0.05, 0.1) is 10.0 Å². The van der Waals surface area contributed by atoms with E-state index in [1.54, 1.807) is 18.2 Å². The Bertz CT molecular complexity index is 779. The number of rotatable bonds is 3. The Morgan fingerprint density at radius 2 is 1.87 bits per heavy atom. The summed E-state index contributed by atoms with van der Waals surface area (Å²) >= 11 is 13.3. The van der Waals surface area contributed by atoms with E-state index in [4.69, 9.17) is 23.2 Å². The lowest BCUT2D eigenvalue weighted by Crippen LogP contribution is -2.30. The van der Waals surface area contributed by atoms with Crippen molar-refractivity contribution in [3.63, 3.8) is 0 Å². The number of amides is 1. The summed E-state index contributed by atoms with van der Waals surface area (Å²) in [4.78, 5) is 16.5. The molecule has 1 aliphatic heterocycles. The van der Waals surface area contributed by atoms with E-state index in [-0.39, 0.29) is 5.91 Å². The van der Waals surface area contributed by atoms with E-state index in [1.165, 1.54) is 11.8 Å². The molecule has 0 saturated carbocycles. The zero-order chi connectivity index (χ0) is 16.4. The quantitative estimate of drug-likeness (QED) is 0.829. The fourth-order valence-corrected chi connectivity index (χ4v) is 3.73. The lowest BCUT2D eigenvalue weighted by molar-refractivity contribution is -0.119. The van der Waals surface area contributed by atoms with Gasteiger partial charge >= 0.3 is 0 Å². The number of amidine groups is 1. The topological polar surface area (TPSA) is 41.5 Å². The molecule has 0 saturated heterocycles. The lowest BCUT2D eigenvalue weighted by atomic mass is 10.00. The zero-order valence-corrected chi connectivity index (χ0v) is 14.7. The van der Waals surface area contributed by atoms with Gasteiger partial charge in [-0.25, -0.2) is 0 Å². The molecule has 3 rings (SSSR count). The number of hydrogen-bond acceptors (Lipinski definition) is 3. The van der Waals surface area contributed by atoms with Crippen LogP contribution in [0.1, 0.15) is 12.5 Å². The van der Waals surface area contributed by atoms with Gasteiger partial charge in [0.1, 0.15) is 4.75 Å². The molecule has 1 N–H and O–H groups in total. The standard InChI is InChI=1S/C17H14Cl2N2OS/c1-17(10-11-5-3-2-4-6-11)15(22)21-16(23-17)20-12-7-8-13(18)14(19)9-12/h2-9H,10H2,1H3,(H,20,21,22). The van der Waals surface area contributed by atoms with E-state index in [0.29, 0.717) is 21.6 Å². The third kappa shape index (κ3) is 3.71. The summed E-state index contributed by atoms with van der Waals surface area (Å²) in [6.45, 7) is 1.92. The van der Waals surface area contributed by atoms with Crippen LogP contribution in [0.2, 0.25) is 10.0 Å². The zero-order valence-electron chi connectivity index (χ0n) is 12.3. The van der Waals surface area contributed by atoms with E-state index in [9.17, 15) is 4.79 Å². The Kier molecular flexibility index (Phi) is 4.67. The summed E-state index contributed by atoms with van der Waals surface area (Å²) in [6.07, 6.45) is 0.632. The fraction of sp³-hybridized carbons (Fsp3) is 0.176. The van der Waals surface area contributed by atoms with Crippen LogP contribution in [0.3, 0.4) is 0 Å². The van der Waals surface area contributed by atoms with Gasteiger partial charge < -0.3 is 5.32 Å². The molecule has 1 atom stereocenters. The first-order chi connectivity index (χ1) is 11.0. The first-order valence-electron chi connectivity index (χ1n) is 7.04. The van der Waals surface area contributed by atoms with Crippen molar-refractivity contribution in [1.82, 2.24) is 0 Å². The monoisotopic (exact) mass is 364 g/mol. The molecule has 1 aliphatic rings. The fourth-order valence-electron chi connectivity index (χ4n) is 2.34. The summed E-state index contributed by atoms with van der Waals surface area (Å²) in [5.74, 6) is -0.131. The van der Waals surface area contributed by atoms with Crippen molar-refractivity contribution < 1.29 is 4.79 Å². The molecule has 2 aromatic rings. The molecule has 3 nitrogen and oxygen atoms in total. The predicted molar refractivity (Wildman–Crippen MR) is 98.7 cm³/mol. The van der Waals surface area contributed by atoms with Gasteiger partial charge in [-0.2, -0.15) is 4.99 Å². The minimum Gasteiger partial charge on any atom is -0.335 e. The van der Waals surface area contributed by atoms with E-state index in [2.05, 4.69) is 10.3 Å². The average Bonchev–Trinajstić information content (AvgIpc) is 2.78. The predicted octanol–water partition coefficient (Wildman–Crippen LogP) is 5.04. The molecule has 2 aromatic carbocycles. The number of thioether (sulfide) groups is 1. The maximum Gasteiger partial charge on any atom is 0.264 e. The Morgan fingerprint density at radius 3 is 2.57 bits per heavy atom. The molecule has 0 radical (unpaired) electrons. The van der Waals surface area contributed by atoms with Crippen molar-refractivity contribution in [2.45, 2.75) is 18.1 Å². The van der Waals surface area contributed by atoms with Crippen molar-refractivity contribution in [3.8, 4) is 0 Å². The highest BCUT2D eigenvalue weighted by atomic mass is 35.5. The Balaban J connectivity index is 1.73. The lowest BCUT2D eigenvalue weighted by Gasteiger charge is -2.20. The molecular weight excluding hydrogens is 351 g/mol. The molecule has 0 bridgehead atoms. The van der Waals surface area contributed by atoms with Crippen LogP contribution in [0.4, 0.5) is 5.69 Å². The third-order valence-electron chi connectivity index (χ3n) is 3.53. The van der Waals surface area contributed by atoms with Gasteiger partial charge in [-0.15, -0.1) is 0 Å². The minimum atomic E-state index is -0.597. The molecular formula is C17H14Cl2N2OS. The summed E-state index contributed by atoms with van der Waals surface area (Å²) in [6, 6.07) is 15.2. The molecule has 23 heavy (non-hydrogen) atoms. The molecule has 0 spiro atoms. The van der Waals surface area contributed by atoms with Crippen LogP contribution >= 0.6 is 35.0 Å². The summed E-state index contributed by atoms with van der Waals surface area (Å²) < 4.78 is -0.597. The molecule has 1 amide bonds. The van der Waals surface area contributed by atoms with E-state index in [1.807, 2.05) is 37.3 Å². The Morgan fingerprint density at radius 1 is 1.13 bits per heavy atom. The highest BCUT2D eigenvalue weighted by Crippen LogP contribution is 2.37. The molecule has 0 aliphatic carbocycles. The number of nitrogens with one attached hydrogen (secondary N) is 1. The van der Waals surface area contributed by atoms with Crippen LogP contribution in [0.15, 0.2) is 53.5 Å². The second kappa shape index (κ2) is 6.56. The van der Waals surface area contributed by atoms with Gasteiger partial charge in [0, 0.05) is 5.69 Å². The number of carbonyl (C=O) groups is 1. The molecule has 1 unspecified atom stereocenters. The number of carbonyl (C=O) groups excluding carboxylic acids is 1. The largest absolute Gasteiger partial charge is 0.335 e. The van der Waals surface area contributed by atoms with Gasteiger partial charge in [0.2, 0.25) is 0 Å². The van der Waals surface area contributed by atoms with Crippen LogP contribution in [-0.4, -0.2) is 15.8 Å². The summed E-state index contributed by atoms with van der Waals surface area (Å²) in [7, 11) is 0. The van der Waals surface area contributed by atoms with Crippen molar-refractivity contribution in [1.29, 1.82) is 0 Å². The van der Waals surface area contributed by atoms with E-state index < -0.39 is 4.75 Å². The molecule has 118 valence electrons. The average molecular weight is 365 g/mol. The van der Waals surface area contributed by atoms with Gasteiger partial charge in [-0.05, 0) is 37.1 Å². The Hall–Kier alpha value is -1.49. The van der Waals surface area contributed by atoms with Crippen LogP contribution in [-0.2, 0) is 11.2 Å². The molecule has 0 fully saturated rings. The van der Waals surface area contributed by atoms with Gasteiger partial charge in [-0.3, -0.25) is 4.79 Å². The van der Waals surface area contributed by atoms with Crippen molar-refractivity contribution in [2.24, 2.45) is 4.99 Å². The first-order valence-corrected chi connectivity index (χ1v) is 8.62. The maximum atomic E-state index is 12.3. The van der Waals surface area contributed by atoms with Crippen molar-refractivity contribution >= 4 is 51.7 Å². The highest BCUT2D eigenvalue weighted by Gasteiger charge is 2.41. The number of aliphatic imine (C=N–C) groups is 1. The maximum absolute atomic E-state index is 12.3. The molecule has 1 heterocycles. The van der Waals surface area contributed by atoms with Crippen molar-refractivity contribution in [2.75, 3.05) is 5.32 Å². The highest BCUT2D eigenvalue weighted by molar-refractivity contribution is 8.16. The number of halogens is 2. The second-order valence-corrected chi connectivity index (χ2v) is 7.78. The smallest absolute Gasteiger partial charge is 0.264 e. The van der Waals surface area contributed by atoms with Gasteiger partial charge in [0.15, 0.2) is 5.17 Å². The first kappa shape index (κ1) is 16.4. The number of anilines is 1. The molecule has 6 heteroatoms. The van der Waals surface area contributed by atoms with Gasteiger partial charge in [0.25, 0.3) is 5.91 Å². The minimum absolute atomic E-state index is 0.131. The summed E-state index contributed by atoms with van der Waals surface area (Å²) in [5, 5.41) is 4.65. The summed E-state index contributed by atoms with van der Waals surface area (Å²) in [5.41, 5.74) is 1.87. The third-order valence-corrected chi connectivity index (χ3v) is 5.43. The Labute approximate surface area is 149 Å².